The first-order chi connectivity index (χ1) is 74.3. The SMILES string of the molecule is N#Cc1cc(-n2c3ccccc3c3ccc(-c4cccc(-c5ccc6c(c5)c5c7ccccc7ccc5n6-c5ccccc5)c4)cc32)nc2ccccc12.N#Cc1cc(-n2c3ccccc3c3ccc(-c4cccc5c4c4c6ccccc6ccc4n5-c4ccccc4)cc32)nc2ccccc12.N#Cc1nc(-n2c3ccccc3c3ccc(-c4cccc5c4c4c6ccccc6ccc4n5-c4ccccc4)cc32)nc2ccccc12. The van der Waals surface area contributed by atoms with E-state index >= 15 is 0 Å². The van der Waals surface area contributed by atoms with Gasteiger partial charge in [-0.05, 0) is 235 Å². The van der Waals surface area contributed by atoms with Crippen molar-refractivity contribution in [1.29, 1.82) is 15.8 Å². The van der Waals surface area contributed by atoms with E-state index in [1.54, 1.807) is 0 Å². The predicted octanol–water partition coefficient (Wildman–Crippen LogP) is 34.4. The fraction of sp³-hybridized carbons (Fsp3) is 0. The first-order valence-electron chi connectivity index (χ1n) is 50.3. The molecule has 0 radical (unpaired) electrons. The largest absolute Gasteiger partial charge is 0.309 e. The minimum atomic E-state index is 0.364. The van der Waals surface area contributed by atoms with Crippen LogP contribution in [0.15, 0.2) is 491 Å². The van der Waals surface area contributed by atoms with Crippen LogP contribution in [0.3, 0.4) is 0 Å². The van der Waals surface area contributed by atoms with Gasteiger partial charge in [-0.3, -0.25) is 13.7 Å². The van der Waals surface area contributed by atoms with Gasteiger partial charge in [-0.25, -0.2) is 19.9 Å². The number of nitriles is 3. The third-order valence-electron chi connectivity index (χ3n) is 30.2. The van der Waals surface area contributed by atoms with Crippen LogP contribution in [-0.2, 0) is 0 Å². The van der Waals surface area contributed by atoms with Gasteiger partial charge in [0.15, 0.2) is 5.69 Å². The minimum Gasteiger partial charge on any atom is -0.309 e. The van der Waals surface area contributed by atoms with Crippen molar-refractivity contribution in [3.63, 3.8) is 0 Å². The Morgan fingerprint density at radius 2 is 0.480 bits per heavy atom. The summed E-state index contributed by atoms with van der Waals surface area (Å²) in [5, 5.41) is 54.4. The maximum atomic E-state index is 10.1. The quantitative estimate of drug-likeness (QED) is 0.132. The molecule has 0 saturated heterocycles. The van der Waals surface area contributed by atoms with E-state index in [0.717, 1.165) is 166 Å². The van der Waals surface area contributed by atoms with Crippen molar-refractivity contribution in [2.45, 2.75) is 0 Å². The molecular weight excluding hydrogens is 1830 g/mol. The lowest BCUT2D eigenvalue weighted by Gasteiger charge is -2.11. The number of aromatic nitrogens is 10. The summed E-state index contributed by atoms with van der Waals surface area (Å²) in [7, 11) is 0. The molecule has 9 aromatic heterocycles. The summed E-state index contributed by atoms with van der Waals surface area (Å²) in [6, 6.07) is 180. The highest BCUT2D eigenvalue weighted by Crippen LogP contribution is 2.49. The molecule has 31 rings (SSSR count). The lowest BCUT2D eigenvalue weighted by atomic mass is 9.96. The second kappa shape index (κ2) is 34.7. The lowest BCUT2D eigenvalue weighted by molar-refractivity contribution is 1.00. The molecule has 0 saturated carbocycles. The lowest BCUT2D eigenvalue weighted by Crippen LogP contribution is -2.03. The summed E-state index contributed by atoms with van der Waals surface area (Å²) in [5.74, 6) is 1.95. The third-order valence-corrected chi connectivity index (χ3v) is 30.2. The van der Waals surface area contributed by atoms with Gasteiger partial charge in [-0.2, -0.15) is 15.8 Å². The topological polar surface area (TPSA) is 153 Å². The highest BCUT2D eigenvalue weighted by molar-refractivity contribution is 6.28. The highest BCUT2D eigenvalue weighted by atomic mass is 15.2. The van der Waals surface area contributed by atoms with E-state index in [1.807, 2.05) is 91.0 Å². The Hall–Kier alpha value is -20.9. The smallest absolute Gasteiger partial charge is 0.236 e. The highest BCUT2D eigenvalue weighted by Gasteiger charge is 2.28. The minimum absolute atomic E-state index is 0.364. The summed E-state index contributed by atoms with van der Waals surface area (Å²) < 4.78 is 13.7. The van der Waals surface area contributed by atoms with Crippen LogP contribution in [-0.4, -0.2) is 47.3 Å². The fourth-order valence-corrected chi connectivity index (χ4v) is 23.7. The van der Waals surface area contributed by atoms with Gasteiger partial charge in [-0.15, -0.1) is 0 Å². The Morgan fingerprint density at radius 3 is 0.940 bits per heavy atom. The van der Waals surface area contributed by atoms with E-state index < -0.39 is 0 Å². The predicted molar refractivity (Wildman–Crippen MR) is 617 cm³/mol. The van der Waals surface area contributed by atoms with Gasteiger partial charge in [0.1, 0.15) is 17.7 Å². The Kier molecular flexibility index (Phi) is 19.8. The normalized spacial score (nSPS) is 11.7. The molecule has 0 N–H and O–H groups in total. The maximum absolute atomic E-state index is 10.1. The first kappa shape index (κ1) is 85.8. The van der Waals surface area contributed by atoms with Crippen LogP contribution >= 0.6 is 0 Å². The molecule has 0 spiro atoms. The molecule has 694 valence electrons. The molecule has 0 atom stereocenters. The molecule has 9 heterocycles. The van der Waals surface area contributed by atoms with Crippen LogP contribution in [0, 0.1) is 34.0 Å². The number of para-hydroxylation sites is 9. The fourth-order valence-electron chi connectivity index (χ4n) is 23.7. The number of hydrogen-bond acceptors (Lipinski definition) is 7. The molecule has 22 aromatic carbocycles. The average Bonchev–Trinajstić information content (AvgIpc) is 1.56. The van der Waals surface area contributed by atoms with Gasteiger partial charge < -0.3 is 13.7 Å². The first-order valence-corrected chi connectivity index (χ1v) is 50.3. The van der Waals surface area contributed by atoms with Crippen molar-refractivity contribution in [2.75, 3.05) is 0 Å². The van der Waals surface area contributed by atoms with Gasteiger partial charge in [0, 0.05) is 97.9 Å². The van der Waals surface area contributed by atoms with Crippen LogP contribution in [0.2, 0.25) is 0 Å². The summed E-state index contributed by atoms with van der Waals surface area (Å²) in [6.07, 6.45) is 0. The molecule has 0 aliphatic carbocycles. The molecule has 0 unspecified atom stereocenters. The molecule has 0 aliphatic heterocycles. The van der Waals surface area contributed by atoms with Crippen molar-refractivity contribution in [1.82, 2.24) is 47.3 Å². The van der Waals surface area contributed by atoms with Crippen molar-refractivity contribution in [2.24, 2.45) is 0 Å². The number of nitrogens with zero attached hydrogens (tertiary/aromatic N) is 13. The standard InChI is InChI=1S/C50H30N4.C44H26N4.C43H25N5/c51-31-37-30-49(52-44-19-8-6-16-39(37)44)54-45-20-9-7-18-41(45)42-24-21-36(29-48(42)54)34-13-10-12-33(27-34)35-23-25-46-43(28-35)50-40-17-5-4-11-32(40)22-26-47(50)53(46)38-14-2-1-3-15-38;45-27-30-26-42(46-37-18-8-6-14-32(30)37)48-38-19-9-7-16-35(38)36-23-21-29(25-41(36)48)34-17-10-20-39-44(34)43-33-15-5-4-11-28(33)22-24-40(43)47(39)31-12-2-1-3-13-31;44-26-36-34-16-6-8-18-35(34)45-43(46-36)48-37-19-9-7-15-32(37)33-23-21-28(25-40(33)48)31-17-10-20-38-42(31)41-30-14-5-4-11-27(30)22-24-39(41)47(38)29-12-2-1-3-13-29/h1-30H;1-26H;1-25H. The molecule has 0 bridgehead atoms. The zero-order valence-corrected chi connectivity index (χ0v) is 80.6. The molecule has 13 heteroatoms. The molecule has 31 aromatic rings. The van der Waals surface area contributed by atoms with Gasteiger partial charge in [0.25, 0.3) is 0 Å². The van der Waals surface area contributed by atoms with E-state index in [-0.39, 0.29) is 0 Å². The Morgan fingerprint density at radius 1 is 0.167 bits per heavy atom. The van der Waals surface area contributed by atoms with Crippen LogP contribution in [0.4, 0.5) is 0 Å². The monoisotopic (exact) mass is 1910 g/mol. The second-order valence-corrected chi connectivity index (χ2v) is 38.3. The van der Waals surface area contributed by atoms with Crippen LogP contribution in [0.1, 0.15) is 16.8 Å². The van der Waals surface area contributed by atoms with Crippen molar-refractivity contribution < 1.29 is 0 Å². The van der Waals surface area contributed by atoms with Gasteiger partial charge in [0.2, 0.25) is 5.95 Å². The summed E-state index contributed by atoms with van der Waals surface area (Å²) in [4.78, 5) is 20.0. The van der Waals surface area contributed by atoms with Crippen molar-refractivity contribution in [3.8, 4) is 97.4 Å². The summed E-state index contributed by atoms with van der Waals surface area (Å²) in [6.45, 7) is 0. The van der Waals surface area contributed by atoms with Gasteiger partial charge in [0.05, 0.1) is 106 Å². The zero-order chi connectivity index (χ0) is 99.3. The van der Waals surface area contributed by atoms with Crippen LogP contribution in [0.5, 0.6) is 0 Å². The molecular formula is C137H81N13. The molecule has 150 heavy (non-hydrogen) atoms. The zero-order valence-electron chi connectivity index (χ0n) is 80.6. The molecule has 0 aliphatic rings. The second-order valence-electron chi connectivity index (χ2n) is 38.3. The Balaban J connectivity index is 0.000000106. The van der Waals surface area contributed by atoms with Gasteiger partial charge >= 0.3 is 0 Å². The van der Waals surface area contributed by atoms with E-state index in [9.17, 15) is 15.8 Å². The van der Waals surface area contributed by atoms with E-state index in [0.29, 0.717) is 22.8 Å². The van der Waals surface area contributed by atoms with E-state index in [1.165, 1.54) is 103 Å². The number of benzene rings is 22. The summed E-state index contributed by atoms with van der Waals surface area (Å²) >= 11 is 0. The maximum Gasteiger partial charge on any atom is 0.236 e. The van der Waals surface area contributed by atoms with Crippen LogP contribution < -0.4 is 0 Å². The molecule has 0 fully saturated rings. The molecule has 0 amide bonds. The van der Waals surface area contributed by atoms with E-state index in [4.69, 9.17) is 19.9 Å². The van der Waals surface area contributed by atoms with Crippen LogP contribution in [0.25, 0.3) is 275 Å². The number of hydrogen-bond donors (Lipinski definition) is 0. The van der Waals surface area contributed by atoms with Crippen molar-refractivity contribution >= 4 is 196 Å². The Bertz CT molecular complexity index is 10900. The number of fused-ring (bicyclic) bond motifs is 27. The third kappa shape index (κ3) is 13.6. The number of pyridine rings is 2. The summed E-state index contributed by atoms with van der Waals surface area (Å²) in [5.41, 5.74) is 29.7. The van der Waals surface area contributed by atoms with Crippen molar-refractivity contribution in [3.05, 3.63) is 508 Å². The Labute approximate surface area is 858 Å². The molecule has 13 nitrogen and oxygen atoms in total. The van der Waals surface area contributed by atoms with E-state index in [2.05, 4.69) is 446 Å². The number of rotatable bonds is 10. The van der Waals surface area contributed by atoms with Gasteiger partial charge in [-0.1, -0.05) is 334 Å². The average molecular weight is 1910 g/mol.